The number of methoxy groups -OCH3 is 2. The van der Waals surface area contributed by atoms with Crippen LogP contribution in [0.5, 0.6) is 11.5 Å². The fourth-order valence-electron chi connectivity index (χ4n) is 5.05. The average Bonchev–Trinajstić information content (AvgIpc) is 2.95. The van der Waals surface area contributed by atoms with Crippen LogP contribution in [0.1, 0.15) is 43.7 Å². The Bertz CT molecular complexity index is 1460. The Kier molecular flexibility index (Phi) is 9.32. The smallest absolute Gasteiger partial charge is 0.243 e. The summed E-state index contributed by atoms with van der Waals surface area (Å²) in [5.41, 5.74) is 1.60. The van der Waals surface area contributed by atoms with Crippen LogP contribution in [0.2, 0.25) is 0 Å². The lowest BCUT2D eigenvalue weighted by molar-refractivity contribution is 0.185. The summed E-state index contributed by atoms with van der Waals surface area (Å²) in [6.45, 7) is 2.40. The van der Waals surface area contributed by atoms with Crippen molar-refractivity contribution in [2.45, 2.75) is 61.5 Å². The van der Waals surface area contributed by atoms with Crippen LogP contribution in [-0.2, 0) is 33.1 Å². The first kappa shape index (κ1) is 29.1. The van der Waals surface area contributed by atoms with Crippen molar-refractivity contribution in [1.29, 1.82) is 0 Å². The van der Waals surface area contributed by atoms with Crippen LogP contribution < -0.4 is 14.2 Å². The van der Waals surface area contributed by atoms with E-state index in [4.69, 9.17) is 9.47 Å². The molecule has 0 aliphatic heterocycles. The molecule has 0 amide bonds. The molecule has 2 atom stereocenters. The van der Waals surface area contributed by atoms with Crippen molar-refractivity contribution in [3.63, 3.8) is 0 Å². The van der Waals surface area contributed by atoms with Gasteiger partial charge in [0, 0.05) is 19.1 Å². The number of benzene rings is 3. The summed E-state index contributed by atoms with van der Waals surface area (Å²) in [6.07, 6.45) is 3.75. The van der Waals surface area contributed by atoms with Gasteiger partial charge in [-0.25, -0.2) is 21.6 Å². The largest absolute Gasteiger partial charge is 0.493 e. The van der Waals surface area contributed by atoms with E-state index >= 15 is 0 Å². The number of ether oxygens (including phenoxy) is 2. The Labute approximate surface area is 232 Å². The highest BCUT2D eigenvalue weighted by Crippen LogP contribution is 2.35. The van der Waals surface area contributed by atoms with Crippen LogP contribution in [0, 0.1) is 5.92 Å². The van der Waals surface area contributed by atoms with Gasteiger partial charge < -0.3 is 9.47 Å². The lowest BCUT2D eigenvalue weighted by Crippen LogP contribution is -2.44. The lowest BCUT2D eigenvalue weighted by atomic mass is 9.86. The van der Waals surface area contributed by atoms with Gasteiger partial charge in [0.25, 0.3) is 0 Å². The van der Waals surface area contributed by atoms with Crippen LogP contribution in [-0.4, -0.2) is 41.4 Å². The van der Waals surface area contributed by atoms with E-state index in [1.54, 1.807) is 30.7 Å². The number of nitrogens with one attached hydrogen (secondary N) is 1. The molecule has 4 rings (SSSR count). The predicted molar refractivity (Wildman–Crippen MR) is 151 cm³/mol. The van der Waals surface area contributed by atoms with E-state index in [-0.39, 0.29) is 34.8 Å². The molecule has 0 radical (unpaired) electrons. The fraction of sp³-hybridized carbons (Fsp3) is 0.379. The Morgan fingerprint density at radius 3 is 2.08 bits per heavy atom. The van der Waals surface area contributed by atoms with Crippen LogP contribution in [0.4, 0.5) is 0 Å². The molecule has 1 saturated carbocycles. The normalized spacial score (nSPS) is 18.2. The quantitative estimate of drug-likeness (QED) is 0.349. The first-order chi connectivity index (χ1) is 18.7. The van der Waals surface area contributed by atoms with E-state index in [1.165, 1.54) is 24.3 Å². The maximum atomic E-state index is 14.0. The zero-order valence-electron chi connectivity index (χ0n) is 22.5. The third-order valence-corrected chi connectivity index (χ3v) is 10.6. The molecule has 0 unspecified atom stereocenters. The molecule has 0 spiro atoms. The summed E-state index contributed by atoms with van der Waals surface area (Å²) >= 11 is 0. The summed E-state index contributed by atoms with van der Waals surface area (Å²) < 4.78 is 68.7. The molecule has 3 aromatic carbocycles. The van der Waals surface area contributed by atoms with E-state index in [0.29, 0.717) is 11.5 Å². The van der Waals surface area contributed by atoms with Crippen LogP contribution in [0.25, 0.3) is 0 Å². The van der Waals surface area contributed by atoms with Crippen LogP contribution >= 0.6 is 0 Å². The molecule has 3 aromatic rings. The van der Waals surface area contributed by atoms with Crippen LogP contribution in [0.3, 0.4) is 0 Å². The molecule has 1 aliphatic carbocycles. The second-order valence-electron chi connectivity index (χ2n) is 9.85. The van der Waals surface area contributed by atoms with Gasteiger partial charge in [0.15, 0.2) is 11.5 Å². The van der Waals surface area contributed by atoms with Crippen molar-refractivity contribution in [3.05, 3.63) is 83.9 Å². The maximum absolute atomic E-state index is 14.0. The third-order valence-electron chi connectivity index (χ3n) is 7.27. The minimum absolute atomic E-state index is 0.00913. The molecule has 8 nitrogen and oxygen atoms in total. The zero-order chi connectivity index (χ0) is 28.0. The highest BCUT2D eigenvalue weighted by atomic mass is 32.2. The van der Waals surface area contributed by atoms with E-state index in [1.807, 2.05) is 36.4 Å². The highest BCUT2D eigenvalue weighted by molar-refractivity contribution is 7.89. The van der Waals surface area contributed by atoms with Gasteiger partial charge in [0.2, 0.25) is 20.0 Å². The monoisotopic (exact) mass is 572 g/mol. The molecule has 0 saturated heterocycles. The SMILES string of the molecule is COc1ccc(CN([C@@H]2CCCC[C@H]2C)S(=O)(=O)c2ccc(S(=O)(=O)NCc3ccccc3)cc2)cc1OC. The van der Waals surface area contributed by atoms with Gasteiger partial charge in [0.05, 0.1) is 24.0 Å². The summed E-state index contributed by atoms with van der Waals surface area (Å²) in [6, 6.07) is 19.9. The lowest BCUT2D eigenvalue weighted by Gasteiger charge is -2.38. The molecule has 210 valence electrons. The van der Waals surface area contributed by atoms with E-state index < -0.39 is 20.0 Å². The van der Waals surface area contributed by atoms with Crippen molar-refractivity contribution in [2.24, 2.45) is 5.92 Å². The second-order valence-corrected chi connectivity index (χ2v) is 13.5. The minimum Gasteiger partial charge on any atom is -0.493 e. The molecule has 1 N–H and O–H groups in total. The number of rotatable bonds is 11. The average molecular weight is 573 g/mol. The van der Waals surface area contributed by atoms with Crippen molar-refractivity contribution in [1.82, 2.24) is 9.03 Å². The molecule has 10 heteroatoms. The van der Waals surface area contributed by atoms with E-state index in [0.717, 1.165) is 36.8 Å². The van der Waals surface area contributed by atoms with E-state index in [2.05, 4.69) is 11.6 Å². The standard InChI is InChI=1S/C29H36N2O6S2/c1-22-9-7-8-12-27(22)31(21-24-13-18-28(36-2)29(19-24)37-3)39(34,35)26-16-14-25(15-17-26)38(32,33)30-20-23-10-5-4-6-11-23/h4-6,10-11,13-19,22,27,30H,7-9,12,20-21H2,1-3H3/t22-,27-/m1/s1. The zero-order valence-corrected chi connectivity index (χ0v) is 24.2. The highest BCUT2D eigenvalue weighted by Gasteiger charge is 2.36. The summed E-state index contributed by atoms with van der Waals surface area (Å²) in [7, 11) is -4.66. The molecule has 39 heavy (non-hydrogen) atoms. The molecule has 0 heterocycles. The van der Waals surface area contributed by atoms with Gasteiger partial charge in [-0.3, -0.25) is 0 Å². The summed E-state index contributed by atoms with van der Waals surface area (Å²) in [5.74, 6) is 1.29. The van der Waals surface area contributed by atoms with E-state index in [9.17, 15) is 16.8 Å². The maximum Gasteiger partial charge on any atom is 0.243 e. The number of hydrogen-bond donors (Lipinski definition) is 1. The summed E-state index contributed by atoms with van der Waals surface area (Å²) in [4.78, 5) is 0.0672. The Hall–Kier alpha value is -2.92. The predicted octanol–water partition coefficient (Wildman–Crippen LogP) is 4.95. The first-order valence-corrected chi connectivity index (χ1v) is 15.9. The Morgan fingerprint density at radius 1 is 0.795 bits per heavy atom. The molecular weight excluding hydrogens is 536 g/mol. The number of nitrogens with zero attached hydrogens (tertiary/aromatic N) is 1. The van der Waals surface area contributed by atoms with Crippen molar-refractivity contribution < 1.29 is 26.3 Å². The van der Waals surface area contributed by atoms with Crippen LogP contribution in [0.15, 0.2) is 82.6 Å². The minimum atomic E-state index is -3.94. The summed E-state index contributed by atoms with van der Waals surface area (Å²) in [5, 5.41) is 0. The van der Waals surface area contributed by atoms with Gasteiger partial charge in [-0.15, -0.1) is 0 Å². The molecule has 1 fully saturated rings. The first-order valence-electron chi connectivity index (χ1n) is 13.0. The van der Waals surface area contributed by atoms with Crippen molar-refractivity contribution in [3.8, 4) is 11.5 Å². The number of hydrogen-bond acceptors (Lipinski definition) is 6. The Balaban J connectivity index is 1.61. The number of sulfonamides is 2. The van der Waals surface area contributed by atoms with Gasteiger partial charge in [0.1, 0.15) is 0 Å². The van der Waals surface area contributed by atoms with Gasteiger partial charge in [-0.2, -0.15) is 4.31 Å². The molecular formula is C29H36N2O6S2. The third kappa shape index (κ3) is 6.81. The van der Waals surface area contributed by atoms with Crippen molar-refractivity contribution >= 4 is 20.0 Å². The van der Waals surface area contributed by atoms with Crippen molar-refractivity contribution in [2.75, 3.05) is 14.2 Å². The van der Waals surface area contributed by atoms with Gasteiger partial charge >= 0.3 is 0 Å². The topological polar surface area (TPSA) is 102 Å². The molecule has 0 bridgehead atoms. The molecule has 1 aliphatic rings. The van der Waals surface area contributed by atoms with Gasteiger partial charge in [-0.1, -0.05) is 56.2 Å². The van der Waals surface area contributed by atoms with Gasteiger partial charge in [-0.05, 0) is 66.3 Å². The fourth-order valence-corrected chi connectivity index (χ4v) is 7.80. The second kappa shape index (κ2) is 12.5. The Morgan fingerprint density at radius 2 is 1.44 bits per heavy atom. The molecule has 0 aromatic heterocycles.